The smallest absolute Gasteiger partial charge is 0.208 e. The van der Waals surface area contributed by atoms with Crippen LogP contribution < -0.4 is 5.32 Å². The second-order valence-electron chi connectivity index (χ2n) is 7.06. The first-order valence-electron chi connectivity index (χ1n) is 6.92. The summed E-state index contributed by atoms with van der Waals surface area (Å²) < 4.78 is 5.89. The van der Waals surface area contributed by atoms with Crippen molar-refractivity contribution >= 4 is 0 Å². The zero-order chi connectivity index (χ0) is 13.6. The molecule has 0 aliphatic heterocycles. The highest BCUT2D eigenvalue weighted by Crippen LogP contribution is 2.73. The molecule has 0 bridgehead atoms. The van der Waals surface area contributed by atoms with E-state index in [1.807, 2.05) is 6.20 Å². The van der Waals surface area contributed by atoms with Crippen LogP contribution in [0.1, 0.15) is 59.1 Å². The predicted octanol–water partition coefficient (Wildman–Crippen LogP) is 3.57. The van der Waals surface area contributed by atoms with Crippen LogP contribution >= 0.6 is 0 Å². The van der Waals surface area contributed by atoms with Crippen molar-refractivity contribution in [2.75, 3.05) is 6.54 Å². The van der Waals surface area contributed by atoms with Gasteiger partial charge in [-0.25, -0.2) is 4.98 Å². The van der Waals surface area contributed by atoms with E-state index in [4.69, 9.17) is 4.42 Å². The van der Waals surface area contributed by atoms with Crippen LogP contribution in [0.5, 0.6) is 0 Å². The first-order chi connectivity index (χ1) is 8.26. The van der Waals surface area contributed by atoms with E-state index >= 15 is 0 Å². The molecule has 2 rings (SSSR count). The second-order valence-corrected chi connectivity index (χ2v) is 7.06. The predicted molar refractivity (Wildman–Crippen MR) is 73.4 cm³/mol. The van der Waals surface area contributed by atoms with E-state index in [1.54, 1.807) is 0 Å². The third kappa shape index (κ3) is 2.20. The molecule has 1 aromatic rings. The molecule has 1 aliphatic carbocycles. The Hall–Kier alpha value is -0.830. The summed E-state index contributed by atoms with van der Waals surface area (Å²) >= 11 is 0. The maximum atomic E-state index is 5.89. The summed E-state index contributed by atoms with van der Waals surface area (Å²) in [6.45, 7) is 15.3. The molecule has 0 radical (unpaired) electrons. The molecule has 1 aromatic heterocycles. The minimum absolute atomic E-state index is 0.315. The maximum absolute atomic E-state index is 5.89. The van der Waals surface area contributed by atoms with Gasteiger partial charge >= 0.3 is 0 Å². The molecule has 1 fully saturated rings. The van der Waals surface area contributed by atoms with Crippen molar-refractivity contribution in [1.82, 2.24) is 10.3 Å². The van der Waals surface area contributed by atoms with Crippen LogP contribution in [0, 0.1) is 16.7 Å². The van der Waals surface area contributed by atoms with E-state index in [-0.39, 0.29) is 0 Å². The fraction of sp³-hybridized carbons (Fsp3) is 0.800. The lowest BCUT2D eigenvalue weighted by molar-refractivity contribution is 0.414. The van der Waals surface area contributed by atoms with E-state index in [0.29, 0.717) is 22.7 Å². The lowest BCUT2D eigenvalue weighted by Gasteiger charge is -2.04. The standard InChI is InChI=1S/C15H26N2O/c1-10(2)7-16-9-12-17-8-11(18-12)13-14(3,4)15(13,5)6/h8,10,13,16H,7,9H2,1-6H3. The van der Waals surface area contributed by atoms with E-state index in [9.17, 15) is 0 Å². The van der Waals surface area contributed by atoms with Crippen LogP contribution in [0.4, 0.5) is 0 Å². The average Bonchev–Trinajstić information content (AvgIpc) is 2.60. The van der Waals surface area contributed by atoms with Crippen molar-refractivity contribution in [3.05, 3.63) is 17.8 Å². The number of rotatable bonds is 5. The zero-order valence-electron chi connectivity index (χ0n) is 12.5. The molecule has 0 saturated heterocycles. The van der Waals surface area contributed by atoms with E-state index in [0.717, 1.165) is 24.7 Å². The van der Waals surface area contributed by atoms with Crippen molar-refractivity contribution in [3.8, 4) is 0 Å². The maximum Gasteiger partial charge on any atom is 0.208 e. The van der Waals surface area contributed by atoms with Crippen molar-refractivity contribution in [2.45, 2.75) is 54.0 Å². The first-order valence-corrected chi connectivity index (χ1v) is 6.92. The Labute approximate surface area is 110 Å². The molecule has 0 spiro atoms. The van der Waals surface area contributed by atoms with Crippen LogP contribution in [0.25, 0.3) is 0 Å². The first kappa shape index (κ1) is 13.6. The fourth-order valence-corrected chi connectivity index (χ4v) is 2.91. The summed E-state index contributed by atoms with van der Waals surface area (Å²) in [7, 11) is 0. The summed E-state index contributed by atoms with van der Waals surface area (Å²) in [5.74, 6) is 3.01. The van der Waals surface area contributed by atoms with Gasteiger partial charge in [0.05, 0.1) is 12.7 Å². The minimum atomic E-state index is 0.315. The molecule has 1 heterocycles. The van der Waals surface area contributed by atoms with Crippen LogP contribution in [0.3, 0.4) is 0 Å². The molecule has 1 aliphatic rings. The van der Waals surface area contributed by atoms with Crippen LogP contribution in [0.15, 0.2) is 10.6 Å². The molecule has 3 heteroatoms. The Morgan fingerprint density at radius 3 is 2.39 bits per heavy atom. The molecule has 1 N–H and O–H groups in total. The van der Waals surface area contributed by atoms with Gasteiger partial charge in [0.2, 0.25) is 5.89 Å². The highest BCUT2D eigenvalue weighted by atomic mass is 16.4. The Morgan fingerprint density at radius 1 is 1.28 bits per heavy atom. The fourth-order valence-electron chi connectivity index (χ4n) is 2.91. The van der Waals surface area contributed by atoms with Gasteiger partial charge in [-0.05, 0) is 23.3 Å². The molecule has 0 aromatic carbocycles. The van der Waals surface area contributed by atoms with Gasteiger partial charge in [-0.2, -0.15) is 0 Å². The molecule has 1 saturated carbocycles. The van der Waals surface area contributed by atoms with Gasteiger partial charge in [-0.3, -0.25) is 0 Å². The molecule has 3 nitrogen and oxygen atoms in total. The second kappa shape index (κ2) is 4.37. The van der Waals surface area contributed by atoms with E-state index < -0.39 is 0 Å². The summed E-state index contributed by atoms with van der Waals surface area (Å²) in [4.78, 5) is 4.38. The quantitative estimate of drug-likeness (QED) is 0.868. The Kier molecular flexibility index (Phi) is 3.30. The summed E-state index contributed by atoms with van der Waals surface area (Å²) in [6, 6.07) is 0. The van der Waals surface area contributed by atoms with Gasteiger partial charge < -0.3 is 9.73 Å². The highest BCUT2D eigenvalue weighted by Gasteiger charge is 2.66. The van der Waals surface area contributed by atoms with Crippen LogP contribution in [0.2, 0.25) is 0 Å². The Bertz CT molecular complexity index is 404. The Balaban J connectivity index is 1.96. The van der Waals surface area contributed by atoms with Crippen molar-refractivity contribution < 1.29 is 4.42 Å². The molecule has 18 heavy (non-hydrogen) atoms. The van der Waals surface area contributed by atoms with Crippen LogP contribution in [-0.2, 0) is 6.54 Å². The van der Waals surface area contributed by atoms with E-state index in [2.05, 4.69) is 51.8 Å². The third-order valence-electron chi connectivity index (χ3n) is 4.71. The summed E-state index contributed by atoms with van der Waals surface area (Å²) in [5.41, 5.74) is 0.629. The number of hydrogen-bond acceptors (Lipinski definition) is 3. The lowest BCUT2D eigenvalue weighted by atomic mass is 10.0. The van der Waals surface area contributed by atoms with E-state index in [1.165, 1.54) is 0 Å². The highest BCUT2D eigenvalue weighted by molar-refractivity contribution is 5.27. The zero-order valence-corrected chi connectivity index (χ0v) is 12.5. The van der Waals surface area contributed by atoms with Gasteiger partial charge in [0, 0.05) is 5.92 Å². The van der Waals surface area contributed by atoms with Crippen molar-refractivity contribution in [3.63, 3.8) is 0 Å². The summed E-state index contributed by atoms with van der Waals surface area (Å²) in [6.07, 6.45) is 1.91. The van der Waals surface area contributed by atoms with Gasteiger partial charge in [0.15, 0.2) is 0 Å². The average molecular weight is 250 g/mol. The van der Waals surface area contributed by atoms with Gasteiger partial charge in [0.1, 0.15) is 5.76 Å². The SMILES string of the molecule is CC(C)CNCc1ncc(C2C(C)(C)C2(C)C)o1. The lowest BCUT2D eigenvalue weighted by Crippen LogP contribution is -2.19. The number of nitrogens with one attached hydrogen (secondary N) is 1. The molecular formula is C15H26N2O. The topological polar surface area (TPSA) is 38.1 Å². The van der Waals surface area contributed by atoms with Crippen molar-refractivity contribution in [2.24, 2.45) is 16.7 Å². The van der Waals surface area contributed by atoms with Crippen molar-refractivity contribution in [1.29, 1.82) is 0 Å². The molecule has 102 valence electrons. The normalized spacial score (nSPS) is 21.5. The third-order valence-corrected chi connectivity index (χ3v) is 4.71. The monoisotopic (exact) mass is 250 g/mol. The van der Waals surface area contributed by atoms with Crippen LogP contribution in [-0.4, -0.2) is 11.5 Å². The largest absolute Gasteiger partial charge is 0.444 e. The molecule has 0 unspecified atom stereocenters. The minimum Gasteiger partial charge on any atom is -0.444 e. The summed E-state index contributed by atoms with van der Waals surface area (Å²) in [5, 5.41) is 3.36. The molecule has 0 amide bonds. The molecular weight excluding hydrogens is 224 g/mol. The van der Waals surface area contributed by atoms with Gasteiger partial charge in [-0.1, -0.05) is 41.5 Å². The van der Waals surface area contributed by atoms with Gasteiger partial charge in [0.25, 0.3) is 0 Å². The number of hydrogen-bond donors (Lipinski definition) is 1. The Morgan fingerprint density at radius 2 is 1.89 bits per heavy atom. The number of oxazole rings is 1. The number of nitrogens with zero attached hydrogens (tertiary/aromatic N) is 1. The molecule has 0 atom stereocenters. The van der Waals surface area contributed by atoms with Gasteiger partial charge in [-0.15, -0.1) is 0 Å². The number of aromatic nitrogens is 1.